The molecule has 2 rings (SSSR count). The minimum absolute atomic E-state index is 0.185. The second-order valence-corrected chi connectivity index (χ2v) is 4.52. The number of carbonyl (C=O) groups is 2. The molecule has 1 aromatic heterocycles. The molecule has 2 N–H and O–H groups in total. The Morgan fingerprint density at radius 3 is 2.50 bits per heavy atom. The van der Waals surface area contributed by atoms with Crippen molar-refractivity contribution in [2.45, 2.75) is 6.92 Å². The average molecular weight is 303 g/mol. The van der Waals surface area contributed by atoms with Crippen molar-refractivity contribution >= 4 is 23.4 Å². The number of amides is 2. The second kappa shape index (κ2) is 6.08. The number of carbonyl (C=O) groups excluding carboxylic acids is 2. The van der Waals surface area contributed by atoms with Crippen LogP contribution in [0.1, 0.15) is 26.5 Å². The van der Waals surface area contributed by atoms with E-state index in [1.54, 1.807) is 19.1 Å². The van der Waals surface area contributed by atoms with Gasteiger partial charge >= 0.3 is 5.88 Å². The van der Waals surface area contributed by atoms with Gasteiger partial charge in [-0.05, 0) is 36.8 Å². The predicted molar refractivity (Wildman–Crippen MR) is 77.9 cm³/mol. The highest BCUT2D eigenvalue weighted by Gasteiger charge is 2.17. The number of hydrogen-bond acceptors (Lipinski definition) is 5. The Hall–Kier alpha value is -3.16. The SMILES string of the molecule is CNC(=O)c1cc(C)cc(NC(=O)c2ccc([N+](=O)[O-])o2)c1. The van der Waals surface area contributed by atoms with E-state index in [1.165, 1.54) is 19.2 Å². The maximum absolute atomic E-state index is 12.0. The monoisotopic (exact) mass is 303 g/mol. The third-order valence-electron chi connectivity index (χ3n) is 2.82. The van der Waals surface area contributed by atoms with Crippen molar-refractivity contribution in [1.82, 2.24) is 5.32 Å². The predicted octanol–water partition coefficient (Wildman–Crippen LogP) is 2.11. The maximum Gasteiger partial charge on any atom is 0.433 e. The topological polar surface area (TPSA) is 114 Å². The molecule has 22 heavy (non-hydrogen) atoms. The van der Waals surface area contributed by atoms with Crippen LogP contribution in [0.25, 0.3) is 0 Å². The normalized spacial score (nSPS) is 10.1. The molecule has 0 unspecified atom stereocenters. The zero-order chi connectivity index (χ0) is 16.3. The molecule has 1 aromatic carbocycles. The molecule has 0 bridgehead atoms. The zero-order valence-corrected chi connectivity index (χ0v) is 11.9. The fourth-order valence-electron chi connectivity index (χ4n) is 1.87. The van der Waals surface area contributed by atoms with E-state index in [-0.39, 0.29) is 11.7 Å². The van der Waals surface area contributed by atoms with E-state index in [0.717, 1.165) is 11.6 Å². The van der Waals surface area contributed by atoms with Crippen molar-refractivity contribution in [2.75, 3.05) is 12.4 Å². The highest BCUT2D eigenvalue weighted by atomic mass is 16.6. The number of benzene rings is 1. The summed E-state index contributed by atoms with van der Waals surface area (Å²) in [6, 6.07) is 7.15. The van der Waals surface area contributed by atoms with Crippen LogP contribution in [0.5, 0.6) is 0 Å². The molecule has 0 radical (unpaired) electrons. The Morgan fingerprint density at radius 1 is 1.18 bits per heavy atom. The molecule has 2 aromatic rings. The molecule has 114 valence electrons. The summed E-state index contributed by atoms with van der Waals surface area (Å²) in [6.45, 7) is 1.78. The van der Waals surface area contributed by atoms with Crippen LogP contribution in [0.3, 0.4) is 0 Å². The number of nitrogens with zero attached hydrogens (tertiary/aromatic N) is 1. The molecule has 0 aliphatic carbocycles. The standard InChI is InChI=1S/C14H13N3O5/c1-8-5-9(13(18)15-2)7-10(6-8)16-14(19)11-3-4-12(22-11)17(20)21/h3-7H,1-2H3,(H,15,18)(H,16,19). The van der Waals surface area contributed by atoms with Crippen LogP contribution in [0.15, 0.2) is 34.7 Å². The van der Waals surface area contributed by atoms with E-state index < -0.39 is 16.7 Å². The summed E-state index contributed by atoms with van der Waals surface area (Å²) in [5, 5.41) is 15.6. The lowest BCUT2D eigenvalue weighted by Gasteiger charge is -2.07. The van der Waals surface area contributed by atoms with Crippen molar-refractivity contribution in [3.05, 3.63) is 57.3 Å². The van der Waals surface area contributed by atoms with E-state index >= 15 is 0 Å². The van der Waals surface area contributed by atoms with Crippen molar-refractivity contribution in [2.24, 2.45) is 0 Å². The molecule has 0 saturated heterocycles. The van der Waals surface area contributed by atoms with Gasteiger partial charge in [-0.3, -0.25) is 19.7 Å². The van der Waals surface area contributed by atoms with Crippen molar-refractivity contribution in [3.63, 3.8) is 0 Å². The van der Waals surface area contributed by atoms with Gasteiger partial charge in [0.05, 0.1) is 6.07 Å². The number of rotatable bonds is 4. The highest BCUT2D eigenvalue weighted by Crippen LogP contribution is 2.19. The first-order valence-electron chi connectivity index (χ1n) is 6.30. The number of aryl methyl sites for hydroxylation is 1. The Morgan fingerprint density at radius 2 is 1.91 bits per heavy atom. The smallest absolute Gasteiger partial charge is 0.395 e. The van der Waals surface area contributed by atoms with E-state index in [4.69, 9.17) is 4.42 Å². The van der Waals surface area contributed by atoms with Crippen LogP contribution in [-0.2, 0) is 0 Å². The molecular weight excluding hydrogens is 290 g/mol. The molecule has 0 spiro atoms. The molecule has 0 aliphatic rings. The van der Waals surface area contributed by atoms with Gasteiger partial charge in [0.1, 0.15) is 4.92 Å². The van der Waals surface area contributed by atoms with Crippen LogP contribution in [0.4, 0.5) is 11.6 Å². The van der Waals surface area contributed by atoms with Gasteiger partial charge in [-0.2, -0.15) is 0 Å². The second-order valence-electron chi connectivity index (χ2n) is 4.52. The molecule has 1 heterocycles. The maximum atomic E-state index is 12.0. The van der Waals surface area contributed by atoms with Crippen molar-refractivity contribution < 1.29 is 18.9 Å². The zero-order valence-electron chi connectivity index (χ0n) is 11.9. The highest BCUT2D eigenvalue weighted by molar-refractivity contribution is 6.03. The Bertz CT molecular complexity index is 751. The third kappa shape index (κ3) is 3.29. The Labute approximate surface area is 125 Å². The lowest BCUT2D eigenvalue weighted by atomic mass is 10.1. The summed E-state index contributed by atoms with van der Waals surface area (Å²) in [5.41, 5.74) is 1.56. The van der Waals surface area contributed by atoms with E-state index in [0.29, 0.717) is 11.3 Å². The first-order chi connectivity index (χ1) is 10.4. The van der Waals surface area contributed by atoms with Gasteiger partial charge in [-0.1, -0.05) is 0 Å². The lowest BCUT2D eigenvalue weighted by Crippen LogP contribution is -2.18. The fraction of sp³-hybridized carbons (Fsp3) is 0.143. The number of nitro groups is 1. The van der Waals surface area contributed by atoms with Gasteiger partial charge in [0.25, 0.3) is 11.8 Å². The average Bonchev–Trinajstić information content (AvgIpc) is 2.95. The van der Waals surface area contributed by atoms with E-state index in [9.17, 15) is 19.7 Å². The molecule has 8 nitrogen and oxygen atoms in total. The largest absolute Gasteiger partial charge is 0.433 e. The lowest BCUT2D eigenvalue weighted by molar-refractivity contribution is -0.402. The minimum Gasteiger partial charge on any atom is -0.395 e. The summed E-state index contributed by atoms with van der Waals surface area (Å²) in [4.78, 5) is 33.4. The number of furan rings is 1. The Balaban J connectivity index is 2.22. The van der Waals surface area contributed by atoms with Gasteiger partial charge in [0.15, 0.2) is 5.76 Å². The van der Waals surface area contributed by atoms with Gasteiger partial charge in [-0.15, -0.1) is 0 Å². The molecular formula is C14H13N3O5. The van der Waals surface area contributed by atoms with Crippen molar-refractivity contribution in [3.8, 4) is 0 Å². The van der Waals surface area contributed by atoms with Gasteiger partial charge < -0.3 is 15.1 Å². The van der Waals surface area contributed by atoms with Gasteiger partial charge in [0.2, 0.25) is 0 Å². The molecule has 2 amide bonds. The fourth-order valence-corrected chi connectivity index (χ4v) is 1.87. The molecule has 8 heteroatoms. The third-order valence-corrected chi connectivity index (χ3v) is 2.82. The van der Waals surface area contributed by atoms with Crippen molar-refractivity contribution in [1.29, 1.82) is 0 Å². The quantitative estimate of drug-likeness (QED) is 0.663. The van der Waals surface area contributed by atoms with Crippen LogP contribution in [0, 0.1) is 17.0 Å². The number of anilines is 1. The summed E-state index contributed by atoms with van der Waals surface area (Å²) in [7, 11) is 1.50. The number of nitrogens with one attached hydrogen (secondary N) is 2. The summed E-state index contributed by atoms with van der Waals surface area (Å²) in [5.74, 6) is -1.62. The first kappa shape index (κ1) is 15.2. The van der Waals surface area contributed by atoms with E-state index in [1.807, 2.05) is 0 Å². The van der Waals surface area contributed by atoms with Crippen LogP contribution in [0.2, 0.25) is 0 Å². The first-order valence-corrected chi connectivity index (χ1v) is 6.30. The van der Waals surface area contributed by atoms with Crippen LogP contribution >= 0.6 is 0 Å². The number of hydrogen-bond donors (Lipinski definition) is 2. The minimum atomic E-state index is -0.729. The summed E-state index contributed by atoms with van der Waals surface area (Å²) < 4.78 is 4.82. The van der Waals surface area contributed by atoms with Crippen LogP contribution in [-0.4, -0.2) is 23.8 Å². The molecule has 0 atom stereocenters. The summed E-state index contributed by atoms with van der Waals surface area (Å²) >= 11 is 0. The molecule has 0 saturated carbocycles. The molecule has 0 aliphatic heterocycles. The van der Waals surface area contributed by atoms with E-state index in [2.05, 4.69) is 10.6 Å². The molecule has 0 fully saturated rings. The summed E-state index contributed by atoms with van der Waals surface area (Å²) in [6.07, 6.45) is 0. The van der Waals surface area contributed by atoms with Gasteiger partial charge in [-0.25, -0.2) is 0 Å². The van der Waals surface area contributed by atoms with Gasteiger partial charge in [0, 0.05) is 18.3 Å². The van der Waals surface area contributed by atoms with Crippen LogP contribution < -0.4 is 10.6 Å². The Kier molecular flexibility index (Phi) is 4.21.